The van der Waals surface area contributed by atoms with E-state index in [4.69, 9.17) is 0 Å². The molecule has 4 aromatic rings. The van der Waals surface area contributed by atoms with Crippen molar-refractivity contribution in [3.8, 4) is 0 Å². The maximum Gasteiger partial charge on any atom is 0.0224 e. The Morgan fingerprint density at radius 3 is 1.64 bits per heavy atom. The Morgan fingerprint density at radius 1 is 0.583 bits per heavy atom. The van der Waals surface area contributed by atoms with Gasteiger partial charge in [-0.3, -0.25) is 0 Å². The van der Waals surface area contributed by atoms with E-state index in [9.17, 15) is 0 Å². The van der Waals surface area contributed by atoms with Crippen LogP contribution in [0.5, 0.6) is 0 Å². The molecule has 0 radical (unpaired) electrons. The Labute approximate surface area is 217 Å². The Kier molecular flexibility index (Phi) is 8.62. The van der Waals surface area contributed by atoms with Gasteiger partial charge in [-0.25, -0.2) is 0 Å². The van der Waals surface area contributed by atoms with Gasteiger partial charge in [-0.05, 0) is 60.3 Å². The highest BCUT2D eigenvalue weighted by Crippen LogP contribution is 2.34. The van der Waals surface area contributed by atoms with Crippen LogP contribution >= 0.6 is 7.92 Å². The highest BCUT2D eigenvalue weighted by molar-refractivity contribution is 7.79. The Balaban J connectivity index is 1.34. The standard InChI is InChI=1S/C33H37N2P/c1-26-14-8-9-15-27(26)24-34-31-21-11-12-22-32(31)35-25-28-16-10-13-23-33(28)36(29-17-4-2-5-18-29)30-19-6-3-7-20-30/h2-10,13-20,23,31-32,34-35H,11-12,21-22,24-25H2,1H3/t31-,32?/m1/s1. The molecule has 2 atom stereocenters. The van der Waals surface area contributed by atoms with Gasteiger partial charge in [0, 0.05) is 25.2 Å². The molecule has 4 aromatic carbocycles. The summed E-state index contributed by atoms with van der Waals surface area (Å²) in [4.78, 5) is 0. The van der Waals surface area contributed by atoms with E-state index in [1.54, 1.807) is 0 Å². The SMILES string of the molecule is Cc1ccccc1CN[C@@H]1CCCCC1NCc1ccccc1P(c1ccccc1)c1ccccc1. The summed E-state index contributed by atoms with van der Waals surface area (Å²) in [5, 5.41) is 12.1. The molecule has 1 unspecified atom stereocenters. The highest BCUT2D eigenvalue weighted by Gasteiger charge is 2.25. The molecule has 1 fully saturated rings. The van der Waals surface area contributed by atoms with Crippen molar-refractivity contribution in [1.29, 1.82) is 0 Å². The minimum absolute atomic E-state index is 0.496. The molecule has 1 saturated carbocycles. The average Bonchev–Trinajstić information content (AvgIpc) is 2.94. The van der Waals surface area contributed by atoms with Gasteiger partial charge >= 0.3 is 0 Å². The molecule has 1 aliphatic rings. The predicted molar refractivity (Wildman–Crippen MR) is 156 cm³/mol. The van der Waals surface area contributed by atoms with Crippen LogP contribution < -0.4 is 26.5 Å². The van der Waals surface area contributed by atoms with Crippen molar-refractivity contribution in [3.63, 3.8) is 0 Å². The first-order chi connectivity index (χ1) is 17.8. The lowest BCUT2D eigenvalue weighted by Crippen LogP contribution is -2.49. The summed E-state index contributed by atoms with van der Waals surface area (Å²) < 4.78 is 0. The molecule has 36 heavy (non-hydrogen) atoms. The van der Waals surface area contributed by atoms with Crippen LogP contribution in [0.4, 0.5) is 0 Å². The topological polar surface area (TPSA) is 24.1 Å². The molecule has 0 amide bonds. The molecule has 2 N–H and O–H groups in total. The van der Waals surface area contributed by atoms with E-state index in [0.717, 1.165) is 13.1 Å². The molecule has 0 saturated heterocycles. The van der Waals surface area contributed by atoms with Crippen LogP contribution in [0.25, 0.3) is 0 Å². The van der Waals surface area contributed by atoms with Crippen molar-refractivity contribution in [2.75, 3.05) is 0 Å². The van der Waals surface area contributed by atoms with E-state index in [2.05, 4.69) is 127 Å². The third-order valence-corrected chi connectivity index (χ3v) is 9.95. The summed E-state index contributed by atoms with van der Waals surface area (Å²) in [6.45, 7) is 4.06. The maximum absolute atomic E-state index is 3.98. The number of hydrogen-bond donors (Lipinski definition) is 2. The molecule has 0 aromatic heterocycles. The lowest BCUT2D eigenvalue weighted by Gasteiger charge is -2.34. The van der Waals surface area contributed by atoms with Crippen LogP contribution in [-0.4, -0.2) is 12.1 Å². The van der Waals surface area contributed by atoms with E-state index in [0.29, 0.717) is 12.1 Å². The zero-order valence-electron chi connectivity index (χ0n) is 21.2. The second-order valence-corrected chi connectivity index (χ2v) is 12.0. The van der Waals surface area contributed by atoms with Gasteiger partial charge in [0.25, 0.3) is 0 Å². The third-order valence-electron chi connectivity index (χ3n) is 7.40. The van der Waals surface area contributed by atoms with E-state index in [-0.39, 0.29) is 0 Å². The van der Waals surface area contributed by atoms with Crippen molar-refractivity contribution in [2.45, 2.75) is 57.8 Å². The van der Waals surface area contributed by atoms with Gasteiger partial charge in [-0.2, -0.15) is 0 Å². The predicted octanol–water partition coefficient (Wildman–Crippen LogP) is 5.94. The van der Waals surface area contributed by atoms with Gasteiger partial charge in [0.1, 0.15) is 0 Å². The summed E-state index contributed by atoms with van der Waals surface area (Å²) in [6.07, 6.45) is 5.10. The Morgan fingerprint density at radius 2 is 1.06 bits per heavy atom. The van der Waals surface area contributed by atoms with Gasteiger partial charge < -0.3 is 10.6 Å². The number of aryl methyl sites for hydroxylation is 1. The molecule has 3 heteroatoms. The van der Waals surface area contributed by atoms with Crippen LogP contribution in [-0.2, 0) is 13.1 Å². The van der Waals surface area contributed by atoms with Crippen molar-refractivity contribution < 1.29 is 0 Å². The quantitative estimate of drug-likeness (QED) is 0.283. The second kappa shape index (κ2) is 12.5. The lowest BCUT2D eigenvalue weighted by atomic mass is 9.90. The van der Waals surface area contributed by atoms with E-state index in [1.807, 2.05) is 0 Å². The first-order valence-corrected chi connectivity index (χ1v) is 14.6. The molecule has 1 aliphatic carbocycles. The van der Waals surface area contributed by atoms with Gasteiger partial charge in [0.05, 0.1) is 0 Å². The van der Waals surface area contributed by atoms with Crippen LogP contribution in [0.3, 0.4) is 0 Å². The van der Waals surface area contributed by atoms with E-state index < -0.39 is 7.92 Å². The van der Waals surface area contributed by atoms with Gasteiger partial charge in [-0.1, -0.05) is 122 Å². The van der Waals surface area contributed by atoms with Gasteiger partial charge in [0.2, 0.25) is 0 Å². The molecule has 0 spiro atoms. The Bertz CT molecular complexity index is 1190. The van der Waals surface area contributed by atoms with Crippen LogP contribution in [0.1, 0.15) is 42.4 Å². The largest absolute Gasteiger partial charge is 0.308 e. The molecule has 2 nitrogen and oxygen atoms in total. The molecular formula is C33H37N2P. The zero-order valence-corrected chi connectivity index (χ0v) is 22.1. The number of rotatable bonds is 9. The number of benzene rings is 4. The molecule has 0 aliphatic heterocycles. The normalized spacial score (nSPS) is 17.8. The van der Waals surface area contributed by atoms with Crippen LogP contribution in [0, 0.1) is 6.92 Å². The smallest absolute Gasteiger partial charge is 0.0224 e. The van der Waals surface area contributed by atoms with E-state index >= 15 is 0 Å². The summed E-state index contributed by atoms with van der Waals surface area (Å²) in [5.41, 5.74) is 4.19. The van der Waals surface area contributed by atoms with Crippen molar-refractivity contribution in [2.24, 2.45) is 0 Å². The molecule has 5 rings (SSSR count). The minimum Gasteiger partial charge on any atom is -0.308 e. The maximum atomic E-state index is 3.98. The van der Waals surface area contributed by atoms with Gasteiger partial charge in [-0.15, -0.1) is 0 Å². The lowest BCUT2D eigenvalue weighted by molar-refractivity contribution is 0.281. The average molecular weight is 493 g/mol. The summed E-state index contributed by atoms with van der Waals surface area (Å²) >= 11 is 0. The fourth-order valence-corrected chi connectivity index (χ4v) is 7.84. The first-order valence-electron chi connectivity index (χ1n) is 13.3. The summed E-state index contributed by atoms with van der Waals surface area (Å²) in [5.74, 6) is 0. The van der Waals surface area contributed by atoms with Crippen LogP contribution in [0.15, 0.2) is 109 Å². The van der Waals surface area contributed by atoms with Crippen LogP contribution in [0.2, 0.25) is 0 Å². The van der Waals surface area contributed by atoms with Crippen molar-refractivity contribution in [3.05, 3.63) is 126 Å². The van der Waals surface area contributed by atoms with Gasteiger partial charge in [0.15, 0.2) is 0 Å². The zero-order chi connectivity index (χ0) is 24.6. The third kappa shape index (κ3) is 6.13. The van der Waals surface area contributed by atoms with E-state index in [1.165, 1.54) is 58.3 Å². The molecule has 184 valence electrons. The molecule has 0 bridgehead atoms. The molecular weight excluding hydrogens is 455 g/mol. The fraction of sp³-hybridized carbons (Fsp3) is 0.273. The molecule has 0 heterocycles. The number of hydrogen-bond acceptors (Lipinski definition) is 2. The number of nitrogens with one attached hydrogen (secondary N) is 2. The van der Waals surface area contributed by atoms with Crippen molar-refractivity contribution >= 4 is 23.8 Å². The summed E-state index contributed by atoms with van der Waals surface area (Å²) in [7, 11) is -0.603. The first kappa shape index (κ1) is 24.9. The minimum atomic E-state index is -0.603. The highest BCUT2D eigenvalue weighted by atomic mass is 31.1. The summed E-state index contributed by atoms with van der Waals surface area (Å²) in [6, 6.07) is 40.8. The monoisotopic (exact) mass is 492 g/mol. The second-order valence-electron chi connectivity index (χ2n) is 9.82. The fourth-order valence-electron chi connectivity index (χ4n) is 5.37. The Hall–Kier alpha value is -2.77. The van der Waals surface area contributed by atoms with Crippen molar-refractivity contribution in [1.82, 2.24) is 10.6 Å².